The van der Waals surface area contributed by atoms with Crippen molar-refractivity contribution in [2.45, 2.75) is 13.3 Å². The summed E-state index contributed by atoms with van der Waals surface area (Å²) < 4.78 is 10.4. The molecule has 19 heavy (non-hydrogen) atoms. The Hall–Kier alpha value is -1.76. The highest BCUT2D eigenvalue weighted by Crippen LogP contribution is 2.26. The number of hydrogen-bond donors (Lipinski definition) is 2. The quantitative estimate of drug-likeness (QED) is 0.825. The molecule has 0 saturated carbocycles. The lowest BCUT2D eigenvalue weighted by atomic mass is 10.2. The fraction of sp³-hybridized carbons (Fsp3) is 0.333. The Morgan fingerprint density at radius 2 is 2.05 bits per heavy atom. The van der Waals surface area contributed by atoms with E-state index in [1.165, 1.54) is 7.11 Å². The molecule has 0 aromatic heterocycles. The molecule has 0 fully saturated rings. The van der Waals surface area contributed by atoms with E-state index in [-0.39, 0.29) is 6.61 Å². The first-order chi connectivity index (χ1) is 9.06. The number of aryl methyl sites for hydroxylation is 1. The van der Waals surface area contributed by atoms with Gasteiger partial charge in [-0.25, -0.2) is 10.2 Å². The van der Waals surface area contributed by atoms with E-state index in [4.69, 9.17) is 4.74 Å². The first-order valence-electron chi connectivity index (χ1n) is 5.60. The summed E-state index contributed by atoms with van der Waals surface area (Å²) in [5.41, 5.74) is 5.35. The van der Waals surface area contributed by atoms with Crippen molar-refractivity contribution < 1.29 is 19.1 Å². The molecule has 0 aliphatic heterocycles. The van der Waals surface area contributed by atoms with Gasteiger partial charge < -0.3 is 9.47 Å². The van der Waals surface area contributed by atoms with Crippen LogP contribution in [-0.4, -0.2) is 25.7 Å². The molecule has 1 aromatic carbocycles. The third-order valence-corrected chi connectivity index (χ3v) is 2.87. The van der Waals surface area contributed by atoms with Crippen molar-refractivity contribution in [3.8, 4) is 5.75 Å². The van der Waals surface area contributed by atoms with Gasteiger partial charge in [0, 0.05) is 0 Å². The highest BCUT2D eigenvalue weighted by Gasteiger charge is 2.07. The van der Waals surface area contributed by atoms with Crippen LogP contribution in [0.25, 0.3) is 0 Å². The van der Waals surface area contributed by atoms with Crippen LogP contribution >= 0.6 is 15.9 Å². The molecule has 0 unspecified atom stereocenters. The second-order valence-corrected chi connectivity index (χ2v) is 4.43. The summed E-state index contributed by atoms with van der Waals surface area (Å²) in [6.45, 7) is 1.84. The summed E-state index contributed by atoms with van der Waals surface area (Å²) in [7, 11) is 1.20. The number of halogens is 1. The number of carbonyl (C=O) groups excluding carboxylic acids is 2. The van der Waals surface area contributed by atoms with E-state index in [9.17, 15) is 9.59 Å². The van der Waals surface area contributed by atoms with Gasteiger partial charge in [-0.1, -0.05) is 13.0 Å². The molecule has 0 heterocycles. The minimum atomic E-state index is -0.748. The minimum Gasteiger partial charge on any atom is -0.483 e. The van der Waals surface area contributed by atoms with Crippen molar-refractivity contribution in [3.05, 3.63) is 28.2 Å². The Balaban J connectivity index is 2.44. The molecule has 0 aliphatic rings. The second kappa shape index (κ2) is 7.63. The fourth-order valence-corrected chi connectivity index (χ4v) is 1.77. The van der Waals surface area contributed by atoms with Crippen LogP contribution in [0.2, 0.25) is 0 Å². The molecule has 0 atom stereocenters. The number of hydrazine groups is 1. The molecule has 2 N–H and O–H groups in total. The largest absolute Gasteiger partial charge is 0.483 e. The van der Waals surface area contributed by atoms with Crippen LogP contribution in [0.15, 0.2) is 22.7 Å². The van der Waals surface area contributed by atoms with Gasteiger partial charge in [0.1, 0.15) is 5.75 Å². The first kappa shape index (κ1) is 15.3. The van der Waals surface area contributed by atoms with Crippen molar-refractivity contribution in [1.82, 2.24) is 10.9 Å². The van der Waals surface area contributed by atoms with Gasteiger partial charge in [-0.15, -0.1) is 0 Å². The van der Waals surface area contributed by atoms with Gasteiger partial charge >= 0.3 is 6.09 Å². The first-order valence-corrected chi connectivity index (χ1v) is 6.40. The number of rotatable bonds is 4. The predicted molar refractivity (Wildman–Crippen MR) is 72.7 cm³/mol. The van der Waals surface area contributed by atoms with Crippen molar-refractivity contribution >= 4 is 27.9 Å². The third-order valence-electron chi connectivity index (χ3n) is 2.25. The van der Waals surface area contributed by atoms with Crippen LogP contribution in [0, 0.1) is 0 Å². The maximum Gasteiger partial charge on any atom is 0.425 e. The summed E-state index contributed by atoms with van der Waals surface area (Å²) in [4.78, 5) is 22.1. The molecule has 0 aliphatic carbocycles. The molecule has 0 radical (unpaired) electrons. The second-order valence-electron chi connectivity index (χ2n) is 3.57. The third kappa shape index (κ3) is 5.17. The lowest BCUT2D eigenvalue weighted by molar-refractivity contribution is -0.123. The molecule has 104 valence electrons. The Bertz CT molecular complexity index is 465. The molecular weight excluding hydrogens is 316 g/mol. The average molecular weight is 331 g/mol. The summed E-state index contributed by atoms with van der Waals surface area (Å²) in [6.07, 6.45) is 0.171. The number of amides is 2. The topological polar surface area (TPSA) is 76.7 Å². The number of methoxy groups -OCH3 is 1. The van der Waals surface area contributed by atoms with Crippen LogP contribution < -0.4 is 15.6 Å². The van der Waals surface area contributed by atoms with E-state index in [0.717, 1.165) is 16.5 Å². The van der Waals surface area contributed by atoms with Gasteiger partial charge in [0.05, 0.1) is 11.6 Å². The number of hydrogen-bond acceptors (Lipinski definition) is 4. The molecule has 1 aromatic rings. The van der Waals surface area contributed by atoms with E-state index < -0.39 is 12.0 Å². The van der Waals surface area contributed by atoms with Crippen LogP contribution in [0.1, 0.15) is 12.5 Å². The number of ether oxygens (including phenoxy) is 2. The maximum absolute atomic E-state index is 11.3. The van der Waals surface area contributed by atoms with E-state index in [1.807, 2.05) is 24.5 Å². The zero-order valence-electron chi connectivity index (χ0n) is 10.7. The summed E-state index contributed by atoms with van der Waals surface area (Å²) in [6, 6.07) is 5.63. The number of carbonyl (C=O) groups is 2. The number of benzene rings is 1. The van der Waals surface area contributed by atoms with Gasteiger partial charge in [-0.05, 0) is 40.0 Å². The van der Waals surface area contributed by atoms with Gasteiger partial charge in [0.25, 0.3) is 5.91 Å². The van der Waals surface area contributed by atoms with Crippen molar-refractivity contribution in [1.29, 1.82) is 0 Å². The summed E-state index contributed by atoms with van der Waals surface area (Å²) >= 11 is 3.37. The number of nitrogens with one attached hydrogen (secondary N) is 2. The maximum atomic E-state index is 11.3. The van der Waals surface area contributed by atoms with Crippen LogP contribution in [0.4, 0.5) is 4.79 Å². The van der Waals surface area contributed by atoms with Crippen molar-refractivity contribution in [2.75, 3.05) is 13.7 Å². The Morgan fingerprint density at radius 1 is 1.32 bits per heavy atom. The van der Waals surface area contributed by atoms with Gasteiger partial charge in [0.15, 0.2) is 6.61 Å². The monoisotopic (exact) mass is 330 g/mol. The predicted octanol–water partition coefficient (Wildman–Crippen LogP) is 1.78. The highest BCUT2D eigenvalue weighted by atomic mass is 79.9. The zero-order valence-corrected chi connectivity index (χ0v) is 12.2. The SMILES string of the molecule is CCc1ccc(OCC(=O)NNC(=O)OC)c(Br)c1. The molecule has 0 spiro atoms. The molecule has 6 nitrogen and oxygen atoms in total. The Labute approximate surface area is 119 Å². The Morgan fingerprint density at radius 3 is 2.63 bits per heavy atom. The Kier molecular flexibility index (Phi) is 6.14. The molecular formula is C12H15BrN2O4. The molecule has 2 amide bonds. The van der Waals surface area contributed by atoms with Crippen LogP contribution in [0.5, 0.6) is 5.75 Å². The van der Waals surface area contributed by atoms with E-state index in [1.54, 1.807) is 6.07 Å². The molecule has 0 saturated heterocycles. The van der Waals surface area contributed by atoms with E-state index >= 15 is 0 Å². The highest BCUT2D eigenvalue weighted by molar-refractivity contribution is 9.10. The van der Waals surface area contributed by atoms with E-state index in [0.29, 0.717) is 5.75 Å². The van der Waals surface area contributed by atoms with Crippen molar-refractivity contribution in [3.63, 3.8) is 0 Å². The lowest BCUT2D eigenvalue weighted by Gasteiger charge is -2.10. The van der Waals surface area contributed by atoms with E-state index in [2.05, 4.69) is 26.1 Å². The smallest absolute Gasteiger partial charge is 0.425 e. The molecule has 1 rings (SSSR count). The fourth-order valence-electron chi connectivity index (χ4n) is 1.23. The minimum absolute atomic E-state index is 0.214. The average Bonchev–Trinajstić information content (AvgIpc) is 2.43. The zero-order chi connectivity index (χ0) is 14.3. The normalized spacial score (nSPS) is 9.63. The molecule has 7 heteroatoms. The van der Waals surface area contributed by atoms with Crippen LogP contribution in [-0.2, 0) is 16.0 Å². The standard InChI is InChI=1S/C12H15BrN2O4/c1-3-8-4-5-10(9(13)6-8)19-7-11(16)14-15-12(17)18-2/h4-6H,3,7H2,1-2H3,(H,14,16)(H,15,17). The van der Waals surface area contributed by atoms with Gasteiger partial charge in [-0.2, -0.15) is 0 Å². The van der Waals surface area contributed by atoms with Gasteiger partial charge in [0.2, 0.25) is 0 Å². The summed E-state index contributed by atoms with van der Waals surface area (Å²) in [5.74, 6) is 0.0716. The van der Waals surface area contributed by atoms with Gasteiger partial charge in [-0.3, -0.25) is 10.2 Å². The lowest BCUT2D eigenvalue weighted by Crippen LogP contribution is -2.43. The van der Waals surface area contributed by atoms with Crippen molar-refractivity contribution in [2.24, 2.45) is 0 Å². The molecule has 0 bridgehead atoms. The van der Waals surface area contributed by atoms with Crippen LogP contribution in [0.3, 0.4) is 0 Å². The summed E-state index contributed by atoms with van der Waals surface area (Å²) in [5, 5.41) is 0.